The Balaban J connectivity index is 1.43. The third kappa shape index (κ3) is 3.69. The van der Waals surface area contributed by atoms with Gasteiger partial charge in [0.15, 0.2) is 0 Å². The van der Waals surface area contributed by atoms with Gasteiger partial charge in [-0.3, -0.25) is 4.79 Å². The van der Waals surface area contributed by atoms with E-state index in [4.69, 9.17) is 4.52 Å². The number of nitrogens with one attached hydrogen (secondary N) is 2. The molecule has 3 aromatic rings. The Bertz CT molecular complexity index is 1000. The molecular weight excluding hydrogens is 346 g/mol. The number of amides is 1. The largest absolute Gasteiger partial charge is 0.339 e. The molecule has 0 spiro atoms. The minimum atomic E-state index is -0.374. The summed E-state index contributed by atoms with van der Waals surface area (Å²) in [5, 5.41) is 4.11. The Labute approximate surface area is 155 Å². The van der Waals surface area contributed by atoms with Crippen molar-refractivity contribution in [3.05, 3.63) is 58.1 Å². The summed E-state index contributed by atoms with van der Waals surface area (Å²) in [7, 11) is 0. The SMILES string of the molecule is Cc1ccccc1-c1noc(CC2CCCN(C(=O)c3c[nH]c(=O)[nH]3)C2)n1. The number of imidazole rings is 1. The molecule has 1 atom stereocenters. The van der Waals surface area contributed by atoms with Crippen LogP contribution in [0.3, 0.4) is 0 Å². The van der Waals surface area contributed by atoms with E-state index in [0.717, 1.165) is 24.0 Å². The molecule has 4 rings (SSSR count). The van der Waals surface area contributed by atoms with Crippen molar-refractivity contribution >= 4 is 5.91 Å². The molecule has 1 saturated heterocycles. The van der Waals surface area contributed by atoms with Crippen LogP contribution in [0, 0.1) is 12.8 Å². The van der Waals surface area contributed by atoms with E-state index in [-0.39, 0.29) is 17.5 Å². The predicted molar refractivity (Wildman–Crippen MR) is 98.2 cm³/mol. The maximum atomic E-state index is 12.5. The number of aryl methyl sites for hydroxylation is 1. The van der Waals surface area contributed by atoms with Gasteiger partial charge in [0.25, 0.3) is 5.91 Å². The summed E-state index contributed by atoms with van der Waals surface area (Å²) in [5.41, 5.74) is 1.98. The molecule has 1 aliphatic heterocycles. The second-order valence-electron chi connectivity index (χ2n) is 6.95. The maximum Gasteiger partial charge on any atom is 0.323 e. The van der Waals surface area contributed by atoms with Crippen LogP contribution in [0.5, 0.6) is 0 Å². The van der Waals surface area contributed by atoms with Crippen molar-refractivity contribution in [3.8, 4) is 11.4 Å². The molecule has 2 N–H and O–H groups in total. The molecule has 1 aliphatic rings. The number of nitrogens with zero attached hydrogens (tertiary/aromatic N) is 3. The van der Waals surface area contributed by atoms with Crippen LogP contribution in [0.25, 0.3) is 11.4 Å². The molecule has 0 aliphatic carbocycles. The second kappa shape index (κ2) is 7.22. The first-order valence-electron chi connectivity index (χ1n) is 9.05. The van der Waals surface area contributed by atoms with Crippen molar-refractivity contribution in [2.75, 3.05) is 13.1 Å². The summed E-state index contributed by atoms with van der Waals surface area (Å²) in [6.07, 6.45) is 3.95. The first kappa shape index (κ1) is 17.3. The number of piperidine rings is 1. The first-order chi connectivity index (χ1) is 13.1. The quantitative estimate of drug-likeness (QED) is 0.735. The zero-order valence-corrected chi connectivity index (χ0v) is 15.1. The zero-order valence-electron chi connectivity index (χ0n) is 15.1. The lowest BCUT2D eigenvalue weighted by Gasteiger charge is -2.31. The normalized spacial score (nSPS) is 17.2. The highest BCUT2D eigenvalue weighted by atomic mass is 16.5. The van der Waals surface area contributed by atoms with Crippen LogP contribution in [0.1, 0.15) is 34.8 Å². The van der Waals surface area contributed by atoms with E-state index in [2.05, 4.69) is 20.1 Å². The van der Waals surface area contributed by atoms with Gasteiger partial charge >= 0.3 is 5.69 Å². The van der Waals surface area contributed by atoms with Crippen molar-refractivity contribution in [2.24, 2.45) is 5.92 Å². The molecule has 0 saturated carbocycles. The topological polar surface area (TPSA) is 108 Å². The molecule has 2 aromatic heterocycles. The third-order valence-corrected chi connectivity index (χ3v) is 4.95. The second-order valence-corrected chi connectivity index (χ2v) is 6.95. The number of aromatic nitrogens is 4. The molecule has 0 radical (unpaired) electrons. The lowest BCUT2D eigenvalue weighted by molar-refractivity contribution is 0.0662. The number of hydrogen-bond acceptors (Lipinski definition) is 5. The molecule has 27 heavy (non-hydrogen) atoms. The Morgan fingerprint density at radius 3 is 3.00 bits per heavy atom. The Morgan fingerprint density at radius 2 is 2.22 bits per heavy atom. The van der Waals surface area contributed by atoms with Crippen LogP contribution in [0.4, 0.5) is 0 Å². The summed E-state index contributed by atoms with van der Waals surface area (Å²) in [6.45, 7) is 3.30. The summed E-state index contributed by atoms with van der Waals surface area (Å²) < 4.78 is 5.44. The van der Waals surface area contributed by atoms with Gasteiger partial charge in [0.2, 0.25) is 11.7 Å². The number of hydrogen-bond donors (Lipinski definition) is 2. The molecule has 140 valence electrons. The number of rotatable bonds is 4. The summed E-state index contributed by atoms with van der Waals surface area (Å²) in [6, 6.07) is 7.92. The molecule has 3 heterocycles. The standard InChI is InChI=1S/C19H21N5O3/c1-12-5-2-3-7-14(12)17-22-16(27-23-17)9-13-6-4-8-24(11-13)18(25)15-10-20-19(26)21-15/h2-3,5,7,10,13H,4,6,8-9,11H2,1H3,(H2,20,21,26). The number of carbonyl (C=O) groups excluding carboxylic acids is 1. The predicted octanol–water partition coefficient (Wildman–Crippen LogP) is 2.16. The highest BCUT2D eigenvalue weighted by Crippen LogP contribution is 2.24. The molecule has 8 heteroatoms. The van der Waals surface area contributed by atoms with E-state index in [1.807, 2.05) is 31.2 Å². The van der Waals surface area contributed by atoms with Crippen LogP contribution in [-0.2, 0) is 6.42 Å². The fourth-order valence-electron chi connectivity index (χ4n) is 3.55. The zero-order chi connectivity index (χ0) is 18.8. The van der Waals surface area contributed by atoms with Gasteiger partial charge in [-0.05, 0) is 31.2 Å². The summed E-state index contributed by atoms with van der Waals surface area (Å²) in [4.78, 5) is 35.0. The smallest absolute Gasteiger partial charge is 0.323 e. The van der Waals surface area contributed by atoms with Crippen molar-refractivity contribution < 1.29 is 9.32 Å². The highest BCUT2D eigenvalue weighted by molar-refractivity contribution is 5.92. The van der Waals surface area contributed by atoms with Gasteiger partial charge in [0.1, 0.15) is 5.69 Å². The van der Waals surface area contributed by atoms with E-state index in [1.54, 1.807) is 4.90 Å². The Kier molecular flexibility index (Phi) is 4.62. The van der Waals surface area contributed by atoms with Crippen molar-refractivity contribution in [1.29, 1.82) is 0 Å². The molecule has 0 bridgehead atoms. The highest BCUT2D eigenvalue weighted by Gasteiger charge is 2.27. The van der Waals surface area contributed by atoms with E-state index >= 15 is 0 Å². The summed E-state index contributed by atoms with van der Waals surface area (Å²) in [5.74, 6) is 1.27. The molecule has 8 nitrogen and oxygen atoms in total. The van der Waals surface area contributed by atoms with Crippen LogP contribution in [-0.4, -0.2) is 44.0 Å². The van der Waals surface area contributed by atoms with Crippen molar-refractivity contribution in [1.82, 2.24) is 25.0 Å². The van der Waals surface area contributed by atoms with Crippen molar-refractivity contribution in [3.63, 3.8) is 0 Å². The van der Waals surface area contributed by atoms with Gasteiger partial charge in [-0.2, -0.15) is 4.98 Å². The molecule has 1 aromatic carbocycles. The number of H-pyrrole nitrogens is 2. The van der Waals surface area contributed by atoms with Crippen LogP contribution >= 0.6 is 0 Å². The van der Waals surface area contributed by atoms with Gasteiger partial charge in [-0.25, -0.2) is 4.79 Å². The molecule has 1 fully saturated rings. The lowest BCUT2D eigenvalue weighted by Crippen LogP contribution is -2.40. The lowest BCUT2D eigenvalue weighted by atomic mass is 9.94. The van der Waals surface area contributed by atoms with Gasteiger partial charge in [-0.1, -0.05) is 29.4 Å². The minimum absolute atomic E-state index is 0.163. The van der Waals surface area contributed by atoms with Crippen LogP contribution in [0.15, 0.2) is 39.8 Å². The van der Waals surface area contributed by atoms with Crippen LogP contribution in [0.2, 0.25) is 0 Å². The first-order valence-corrected chi connectivity index (χ1v) is 9.05. The maximum absolute atomic E-state index is 12.5. The number of likely N-dealkylation sites (tertiary alicyclic amines) is 1. The molecular formula is C19H21N5O3. The Hall–Kier alpha value is -3.16. The summed E-state index contributed by atoms with van der Waals surface area (Å²) >= 11 is 0. The molecule has 1 unspecified atom stereocenters. The van der Waals surface area contributed by atoms with E-state index in [1.165, 1.54) is 6.20 Å². The number of carbonyl (C=O) groups is 1. The average molecular weight is 367 g/mol. The number of benzene rings is 1. The van der Waals surface area contributed by atoms with Gasteiger partial charge in [0.05, 0.1) is 0 Å². The van der Waals surface area contributed by atoms with E-state index in [9.17, 15) is 9.59 Å². The fourth-order valence-corrected chi connectivity index (χ4v) is 3.55. The van der Waals surface area contributed by atoms with Gasteiger partial charge in [0, 0.05) is 31.3 Å². The van der Waals surface area contributed by atoms with Crippen molar-refractivity contribution in [2.45, 2.75) is 26.2 Å². The average Bonchev–Trinajstić information content (AvgIpc) is 3.31. The fraction of sp³-hybridized carbons (Fsp3) is 0.368. The van der Waals surface area contributed by atoms with E-state index < -0.39 is 0 Å². The minimum Gasteiger partial charge on any atom is -0.339 e. The Morgan fingerprint density at radius 1 is 1.37 bits per heavy atom. The van der Waals surface area contributed by atoms with Crippen LogP contribution < -0.4 is 5.69 Å². The molecule has 1 amide bonds. The van der Waals surface area contributed by atoms with E-state index in [0.29, 0.717) is 36.9 Å². The van der Waals surface area contributed by atoms with Gasteiger partial charge < -0.3 is 19.4 Å². The number of aromatic amines is 2. The third-order valence-electron chi connectivity index (χ3n) is 4.95. The monoisotopic (exact) mass is 367 g/mol. The van der Waals surface area contributed by atoms with Gasteiger partial charge in [-0.15, -0.1) is 0 Å².